The van der Waals surface area contributed by atoms with Crippen LogP contribution in [-0.4, -0.2) is 10.9 Å². The maximum atomic E-state index is 13.3. The van der Waals surface area contributed by atoms with Gasteiger partial charge in [-0.05, 0) is 24.3 Å². The molecule has 0 atom stereocenters. The summed E-state index contributed by atoms with van der Waals surface area (Å²) < 4.78 is 13.3. The molecule has 0 radical (unpaired) electrons. The van der Waals surface area contributed by atoms with E-state index in [2.05, 4.69) is 10.3 Å². The Morgan fingerprint density at radius 1 is 1.28 bits per heavy atom. The number of nitrogens with one attached hydrogen (secondary N) is 1. The highest BCUT2D eigenvalue weighted by molar-refractivity contribution is 6.33. The topological polar surface area (TPSA) is 42.0 Å². The number of carbonyl (C=O) groups excluding carboxylic acids is 1. The first-order valence-electron chi connectivity index (χ1n) is 5.30. The lowest BCUT2D eigenvalue weighted by atomic mass is 10.2. The van der Waals surface area contributed by atoms with Gasteiger partial charge >= 0.3 is 0 Å². The summed E-state index contributed by atoms with van der Waals surface area (Å²) in [5.74, 6) is -0.803. The minimum atomic E-state index is -0.447. The lowest BCUT2D eigenvalue weighted by Gasteiger charge is -2.06. The number of pyridine rings is 1. The normalized spacial score (nSPS) is 10.1. The highest BCUT2D eigenvalue weighted by Gasteiger charge is 2.10. The van der Waals surface area contributed by atoms with Gasteiger partial charge in [0.15, 0.2) is 0 Å². The molecule has 1 amide bonds. The van der Waals surface area contributed by atoms with Gasteiger partial charge in [-0.25, -0.2) is 4.39 Å². The molecule has 0 fully saturated rings. The molecule has 2 rings (SSSR count). The highest BCUT2D eigenvalue weighted by Crippen LogP contribution is 2.14. The Labute approximate surface area is 109 Å². The summed E-state index contributed by atoms with van der Waals surface area (Å²) in [7, 11) is 0. The van der Waals surface area contributed by atoms with Crippen LogP contribution in [0.4, 0.5) is 4.39 Å². The van der Waals surface area contributed by atoms with Crippen LogP contribution in [0.15, 0.2) is 42.6 Å². The Bertz CT molecular complexity index is 574. The molecule has 0 bridgehead atoms. The first-order chi connectivity index (χ1) is 8.68. The molecule has 3 nitrogen and oxygen atoms in total. The molecule has 1 aromatic carbocycles. The molecular formula is C13H10ClFN2O. The maximum Gasteiger partial charge on any atom is 0.253 e. The van der Waals surface area contributed by atoms with Crippen LogP contribution >= 0.6 is 11.6 Å². The van der Waals surface area contributed by atoms with Gasteiger partial charge in [0.25, 0.3) is 5.91 Å². The van der Waals surface area contributed by atoms with Crippen LogP contribution in [0.25, 0.3) is 0 Å². The van der Waals surface area contributed by atoms with Crippen LogP contribution in [0.1, 0.15) is 16.1 Å². The first kappa shape index (κ1) is 12.5. The molecule has 0 spiro atoms. The summed E-state index contributed by atoms with van der Waals surface area (Å²) in [6.45, 7) is 0.0245. The fraction of sp³-hybridized carbons (Fsp3) is 0.0769. The van der Waals surface area contributed by atoms with E-state index in [1.54, 1.807) is 24.3 Å². The molecule has 0 unspecified atom stereocenters. The second-order valence-corrected chi connectivity index (χ2v) is 4.00. The van der Waals surface area contributed by atoms with Crippen LogP contribution in [-0.2, 0) is 6.54 Å². The van der Waals surface area contributed by atoms with E-state index in [-0.39, 0.29) is 18.1 Å². The summed E-state index contributed by atoms with van der Waals surface area (Å²) >= 11 is 5.88. The fourth-order valence-corrected chi connectivity index (χ4v) is 1.67. The van der Waals surface area contributed by atoms with Crippen molar-refractivity contribution in [3.05, 3.63) is 64.7 Å². The molecular weight excluding hydrogens is 255 g/mol. The Morgan fingerprint density at radius 2 is 2.06 bits per heavy atom. The number of nitrogens with zero attached hydrogens (tertiary/aromatic N) is 1. The van der Waals surface area contributed by atoms with Gasteiger partial charge in [-0.1, -0.05) is 23.7 Å². The number of carbonyl (C=O) groups is 1. The first-order valence-corrected chi connectivity index (χ1v) is 5.68. The van der Waals surface area contributed by atoms with Crippen molar-refractivity contribution in [3.63, 3.8) is 0 Å². The Morgan fingerprint density at radius 3 is 2.78 bits per heavy atom. The van der Waals surface area contributed by atoms with Crippen LogP contribution in [0.5, 0.6) is 0 Å². The van der Waals surface area contributed by atoms with E-state index < -0.39 is 5.82 Å². The minimum Gasteiger partial charge on any atom is -0.346 e. The van der Waals surface area contributed by atoms with E-state index in [9.17, 15) is 9.18 Å². The molecule has 5 heteroatoms. The number of amides is 1. The van der Waals surface area contributed by atoms with Crippen molar-refractivity contribution in [2.45, 2.75) is 6.54 Å². The van der Waals surface area contributed by atoms with E-state index in [4.69, 9.17) is 11.6 Å². The zero-order valence-electron chi connectivity index (χ0n) is 9.36. The van der Waals surface area contributed by atoms with Crippen molar-refractivity contribution >= 4 is 17.5 Å². The molecule has 0 aliphatic carbocycles. The van der Waals surface area contributed by atoms with Gasteiger partial charge in [0, 0.05) is 6.20 Å². The SMILES string of the molecule is O=C(NCc1ncccc1F)c1ccccc1Cl. The van der Waals surface area contributed by atoms with Crippen molar-refractivity contribution in [2.24, 2.45) is 0 Å². The van der Waals surface area contributed by atoms with Gasteiger partial charge < -0.3 is 5.32 Å². The molecule has 0 saturated carbocycles. The zero-order valence-corrected chi connectivity index (χ0v) is 10.1. The third-order valence-corrected chi connectivity index (χ3v) is 2.70. The molecule has 0 aliphatic heterocycles. The van der Waals surface area contributed by atoms with E-state index in [1.165, 1.54) is 18.3 Å². The summed E-state index contributed by atoms with van der Waals surface area (Å²) in [6, 6.07) is 9.46. The average molecular weight is 265 g/mol. The molecule has 92 valence electrons. The summed E-state index contributed by atoms with van der Waals surface area (Å²) in [6.07, 6.45) is 1.47. The lowest BCUT2D eigenvalue weighted by Crippen LogP contribution is -2.24. The van der Waals surface area contributed by atoms with E-state index in [0.29, 0.717) is 10.6 Å². The molecule has 1 N–H and O–H groups in total. The Kier molecular flexibility index (Phi) is 3.89. The number of aromatic nitrogens is 1. The minimum absolute atomic E-state index is 0.0245. The smallest absolute Gasteiger partial charge is 0.253 e. The molecule has 2 aromatic rings. The summed E-state index contributed by atoms with van der Waals surface area (Å²) in [5, 5.41) is 2.93. The van der Waals surface area contributed by atoms with Crippen molar-refractivity contribution in [2.75, 3.05) is 0 Å². The third-order valence-electron chi connectivity index (χ3n) is 2.37. The van der Waals surface area contributed by atoms with E-state index in [1.807, 2.05) is 0 Å². The van der Waals surface area contributed by atoms with Crippen LogP contribution in [0.3, 0.4) is 0 Å². The molecule has 1 heterocycles. The standard InChI is InChI=1S/C13H10ClFN2O/c14-10-5-2-1-4-9(10)13(18)17-8-12-11(15)6-3-7-16-12/h1-7H,8H2,(H,17,18). The summed E-state index contributed by atoms with van der Waals surface area (Å²) in [4.78, 5) is 15.6. The van der Waals surface area contributed by atoms with Gasteiger partial charge in [0.2, 0.25) is 0 Å². The van der Waals surface area contributed by atoms with Crippen molar-refractivity contribution < 1.29 is 9.18 Å². The lowest BCUT2D eigenvalue weighted by molar-refractivity contribution is 0.0950. The number of rotatable bonds is 3. The number of benzene rings is 1. The van der Waals surface area contributed by atoms with Crippen LogP contribution in [0.2, 0.25) is 5.02 Å². The second kappa shape index (κ2) is 5.60. The van der Waals surface area contributed by atoms with Crippen LogP contribution in [0, 0.1) is 5.82 Å². The Hall–Kier alpha value is -1.94. The van der Waals surface area contributed by atoms with Crippen molar-refractivity contribution in [1.82, 2.24) is 10.3 Å². The predicted molar refractivity (Wildman–Crippen MR) is 66.8 cm³/mol. The zero-order chi connectivity index (χ0) is 13.0. The van der Waals surface area contributed by atoms with Gasteiger partial charge in [-0.15, -0.1) is 0 Å². The van der Waals surface area contributed by atoms with Gasteiger partial charge in [0.05, 0.1) is 22.8 Å². The van der Waals surface area contributed by atoms with Crippen molar-refractivity contribution in [1.29, 1.82) is 0 Å². The largest absolute Gasteiger partial charge is 0.346 e. The number of hydrogen-bond acceptors (Lipinski definition) is 2. The van der Waals surface area contributed by atoms with Crippen LogP contribution < -0.4 is 5.32 Å². The molecule has 0 saturated heterocycles. The third kappa shape index (κ3) is 2.84. The number of hydrogen-bond donors (Lipinski definition) is 1. The molecule has 0 aliphatic rings. The summed E-state index contributed by atoms with van der Waals surface area (Å²) in [5.41, 5.74) is 0.549. The molecule has 1 aromatic heterocycles. The average Bonchev–Trinajstić information content (AvgIpc) is 2.38. The Balaban J connectivity index is 2.06. The van der Waals surface area contributed by atoms with E-state index in [0.717, 1.165) is 0 Å². The quantitative estimate of drug-likeness (QED) is 0.926. The number of halogens is 2. The maximum absolute atomic E-state index is 13.3. The van der Waals surface area contributed by atoms with Gasteiger partial charge in [-0.2, -0.15) is 0 Å². The monoisotopic (exact) mass is 264 g/mol. The van der Waals surface area contributed by atoms with E-state index >= 15 is 0 Å². The van der Waals surface area contributed by atoms with Gasteiger partial charge in [0.1, 0.15) is 5.82 Å². The molecule has 18 heavy (non-hydrogen) atoms. The second-order valence-electron chi connectivity index (χ2n) is 3.59. The van der Waals surface area contributed by atoms with Gasteiger partial charge in [-0.3, -0.25) is 9.78 Å². The predicted octanol–water partition coefficient (Wildman–Crippen LogP) is 2.80. The highest BCUT2D eigenvalue weighted by atomic mass is 35.5. The van der Waals surface area contributed by atoms with Crippen molar-refractivity contribution in [3.8, 4) is 0 Å². The fourth-order valence-electron chi connectivity index (χ4n) is 1.45.